The molecule has 0 bridgehead atoms. The van der Waals surface area contributed by atoms with Crippen LogP contribution in [0.3, 0.4) is 0 Å². The van der Waals surface area contributed by atoms with Crippen LogP contribution in [0.4, 0.5) is 5.69 Å². The average molecular weight is 341 g/mol. The number of nitriles is 1. The number of nitrogens with one attached hydrogen (secondary N) is 1. The standard InChI is InChI=1S/C17H15N3OS2/c1-10-5-6-13(11(2)8-10)20-15(14-4-3-7-23-14)19-16(21)12(9-18)17(20)22/h3-8,15,22H,1-2H3,(H,19,21). The van der Waals surface area contributed by atoms with Crippen molar-refractivity contribution in [1.82, 2.24) is 5.32 Å². The maximum Gasteiger partial charge on any atom is 0.266 e. The van der Waals surface area contributed by atoms with Crippen molar-refractivity contribution in [3.05, 3.63) is 62.3 Å². The first-order chi connectivity index (χ1) is 11.0. The van der Waals surface area contributed by atoms with Gasteiger partial charge in [-0.25, -0.2) is 0 Å². The summed E-state index contributed by atoms with van der Waals surface area (Å²) in [6, 6.07) is 11.9. The molecule has 3 rings (SSSR count). The van der Waals surface area contributed by atoms with Crippen molar-refractivity contribution in [3.8, 4) is 6.07 Å². The molecule has 0 aliphatic carbocycles. The van der Waals surface area contributed by atoms with Crippen molar-refractivity contribution < 1.29 is 4.79 Å². The van der Waals surface area contributed by atoms with Crippen LogP contribution in [0.5, 0.6) is 0 Å². The van der Waals surface area contributed by atoms with Crippen LogP contribution in [0.1, 0.15) is 22.2 Å². The number of amides is 1. The molecule has 0 saturated heterocycles. The molecule has 1 N–H and O–H groups in total. The fourth-order valence-corrected chi connectivity index (χ4v) is 3.82. The van der Waals surface area contributed by atoms with Crippen LogP contribution in [0.2, 0.25) is 0 Å². The minimum Gasteiger partial charge on any atom is -0.326 e. The third-order valence-electron chi connectivity index (χ3n) is 3.74. The van der Waals surface area contributed by atoms with Gasteiger partial charge in [0, 0.05) is 10.6 Å². The number of aryl methyl sites for hydroxylation is 2. The summed E-state index contributed by atoms with van der Waals surface area (Å²) in [5, 5.41) is 14.5. The largest absolute Gasteiger partial charge is 0.326 e. The van der Waals surface area contributed by atoms with Crippen LogP contribution in [0.15, 0.2) is 46.3 Å². The summed E-state index contributed by atoms with van der Waals surface area (Å²) in [5.74, 6) is -0.392. The van der Waals surface area contributed by atoms with Gasteiger partial charge >= 0.3 is 0 Å². The van der Waals surface area contributed by atoms with Gasteiger partial charge in [0.25, 0.3) is 5.91 Å². The minimum absolute atomic E-state index is 0.0288. The predicted octanol–water partition coefficient (Wildman–Crippen LogP) is 3.66. The van der Waals surface area contributed by atoms with E-state index in [9.17, 15) is 10.1 Å². The van der Waals surface area contributed by atoms with Crippen LogP contribution in [0.25, 0.3) is 0 Å². The Balaban J connectivity index is 2.20. The van der Waals surface area contributed by atoms with Gasteiger partial charge < -0.3 is 10.2 Å². The number of benzene rings is 1. The van der Waals surface area contributed by atoms with Crippen molar-refractivity contribution in [2.24, 2.45) is 0 Å². The lowest BCUT2D eigenvalue weighted by molar-refractivity contribution is -0.118. The van der Waals surface area contributed by atoms with Crippen molar-refractivity contribution >= 4 is 35.6 Å². The Labute approximate surface area is 144 Å². The summed E-state index contributed by atoms with van der Waals surface area (Å²) in [7, 11) is 0. The van der Waals surface area contributed by atoms with Gasteiger partial charge in [0.15, 0.2) is 0 Å². The summed E-state index contributed by atoms with van der Waals surface area (Å²) in [6.07, 6.45) is -0.367. The molecule has 1 aliphatic heterocycles. The Morgan fingerprint density at radius 3 is 2.74 bits per heavy atom. The van der Waals surface area contributed by atoms with Crippen molar-refractivity contribution in [2.45, 2.75) is 20.0 Å². The Morgan fingerprint density at radius 2 is 2.13 bits per heavy atom. The molecular weight excluding hydrogens is 326 g/mol. The van der Waals surface area contributed by atoms with E-state index in [-0.39, 0.29) is 11.7 Å². The predicted molar refractivity (Wildman–Crippen MR) is 95.2 cm³/mol. The smallest absolute Gasteiger partial charge is 0.266 e. The first kappa shape index (κ1) is 15.7. The molecule has 2 heterocycles. The summed E-state index contributed by atoms with van der Waals surface area (Å²) >= 11 is 6.05. The average Bonchev–Trinajstić information content (AvgIpc) is 3.02. The Morgan fingerprint density at radius 1 is 1.35 bits per heavy atom. The fraction of sp³-hybridized carbons (Fsp3) is 0.176. The second-order valence-electron chi connectivity index (χ2n) is 5.36. The van der Waals surface area contributed by atoms with E-state index in [0.717, 1.165) is 21.7 Å². The topological polar surface area (TPSA) is 56.1 Å². The molecule has 6 heteroatoms. The number of thiol groups is 1. The molecule has 0 spiro atoms. The molecule has 1 atom stereocenters. The molecular formula is C17H15N3OS2. The molecule has 0 radical (unpaired) electrons. The zero-order chi connectivity index (χ0) is 16.6. The molecule has 1 aromatic heterocycles. The highest BCUT2D eigenvalue weighted by Crippen LogP contribution is 2.38. The number of rotatable bonds is 2. The molecule has 1 amide bonds. The quantitative estimate of drug-likeness (QED) is 0.820. The SMILES string of the molecule is Cc1ccc(N2C(S)=C(C#N)C(=O)NC2c2cccs2)c(C)c1. The molecule has 23 heavy (non-hydrogen) atoms. The van der Waals surface area contributed by atoms with E-state index in [1.165, 1.54) is 0 Å². The highest BCUT2D eigenvalue weighted by atomic mass is 32.1. The zero-order valence-electron chi connectivity index (χ0n) is 12.7. The Hall–Kier alpha value is -2.23. The number of carbonyl (C=O) groups excluding carboxylic acids is 1. The van der Waals surface area contributed by atoms with E-state index in [4.69, 9.17) is 0 Å². The fourth-order valence-electron chi connectivity index (χ4n) is 2.68. The number of anilines is 1. The molecule has 1 aromatic carbocycles. The molecule has 1 aliphatic rings. The maximum atomic E-state index is 12.2. The van der Waals surface area contributed by atoms with Gasteiger partial charge in [0.2, 0.25) is 0 Å². The first-order valence-electron chi connectivity index (χ1n) is 7.07. The van der Waals surface area contributed by atoms with Gasteiger partial charge in [-0.15, -0.1) is 24.0 Å². The van der Waals surface area contributed by atoms with Gasteiger partial charge in [-0.2, -0.15) is 5.26 Å². The van der Waals surface area contributed by atoms with Gasteiger partial charge in [0.05, 0.1) is 5.03 Å². The van der Waals surface area contributed by atoms with Gasteiger partial charge in [-0.05, 0) is 36.9 Å². The van der Waals surface area contributed by atoms with Crippen molar-refractivity contribution in [2.75, 3.05) is 4.90 Å². The maximum absolute atomic E-state index is 12.2. The second kappa shape index (κ2) is 6.11. The Bertz CT molecular complexity index is 834. The first-order valence-corrected chi connectivity index (χ1v) is 8.39. The van der Waals surface area contributed by atoms with Crippen LogP contribution in [-0.2, 0) is 4.79 Å². The lowest BCUT2D eigenvalue weighted by atomic mass is 10.1. The molecule has 0 fully saturated rings. The van der Waals surface area contributed by atoms with Crippen LogP contribution < -0.4 is 10.2 Å². The van der Waals surface area contributed by atoms with E-state index in [1.807, 2.05) is 54.5 Å². The summed E-state index contributed by atoms with van der Waals surface area (Å²) in [5.41, 5.74) is 3.17. The van der Waals surface area contributed by atoms with Gasteiger partial charge in [-0.3, -0.25) is 4.79 Å². The third kappa shape index (κ3) is 2.74. The summed E-state index contributed by atoms with van der Waals surface area (Å²) in [6.45, 7) is 4.04. The van der Waals surface area contributed by atoms with Crippen LogP contribution >= 0.6 is 24.0 Å². The van der Waals surface area contributed by atoms with Gasteiger partial charge in [-0.1, -0.05) is 23.8 Å². The summed E-state index contributed by atoms with van der Waals surface area (Å²) < 4.78 is 0. The Kier molecular flexibility index (Phi) is 4.16. The monoisotopic (exact) mass is 341 g/mol. The molecule has 1 unspecified atom stereocenters. The summed E-state index contributed by atoms with van der Waals surface area (Å²) in [4.78, 5) is 15.1. The second-order valence-corrected chi connectivity index (χ2v) is 6.76. The number of hydrogen-bond acceptors (Lipinski definition) is 5. The third-order valence-corrected chi connectivity index (χ3v) is 5.10. The highest BCUT2D eigenvalue weighted by molar-refractivity contribution is 7.84. The molecule has 116 valence electrons. The van der Waals surface area contributed by atoms with Gasteiger partial charge in [0.1, 0.15) is 17.8 Å². The van der Waals surface area contributed by atoms with E-state index < -0.39 is 5.91 Å². The molecule has 0 saturated carbocycles. The van der Waals surface area contributed by atoms with E-state index >= 15 is 0 Å². The minimum atomic E-state index is -0.392. The lowest BCUT2D eigenvalue weighted by Crippen LogP contribution is -2.45. The van der Waals surface area contributed by atoms with E-state index in [2.05, 4.69) is 24.0 Å². The van der Waals surface area contributed by atoms with E-state index in [0.29, 0.717) is 5.03 Å². The lowest BCUT2D eigenvalue weighted by Gasteiger charge is -2.38. The number of nitrogens with zero attached hydrogens (tertiary/aromatic N) is 2. The highest BCUT2D eigenvalue weighted by Gasteiger charge is 2.34. The van der Waals surface area contributed by atoms with Crippen LogP contribution in [0, 0.1) is 25.2 Å². The number of carbonyl (C=O) groups is 1. The number of hydrogen-bond donors (Lipinski definition) is 2. The van der Waals surface area contributed by atoms with E-state index in [1.54, 1.807) is 11.3 Å². The zero-order valence-corrected chi connectivity index (χ0v) is 14.4. The van der Waals surface area contributed by atoms with Crippen molar-refractivity contribution in [1.29, 1.82) is 5.26 Å². The normalized spacial score (nSPS) is 17.9. The van der Waals surface area contributed by atoms with Crippen molar-refractivity contribution in [3.63, 3.8) is 0 Å². The molecule has 4 nitrogen and oxygen atoms in total. The number of thiophene rings is 1. The molecule has 2 aromatic rings. The van der Waals surface area contributed by atoms with Crippen LogP contribution in [-0.4, -0.2) is 5.91 Å².